The summed E-state index contributed by atoms with van der Waals surface area (Å²) in [5.41, 5.74) is 0.805. The zero-order valence-corrected chi connectivity index (χ0v) is 11.4. The Kier molecular flexibility index (Phi) is 3.95. The predicted molar refractivity (Wildman–Crippen MR) is 75.3 cm³/mol. The number of rotatable bonds is 2. The highest BCUT2D eigenvalue weighted by atomic mass is 127. The second kappa shape index (κ2) is 5.65. The van der Waals surface area contributed by atoms with E-state index in [1.165, 1.54) is 6.07 Å². The summed E-state index contributed by atoms with van der Waals surface area (Å²) in [6, 6.07) is 15.6. The Morgan fingerprint density at radius 2 is 1.89 bits per heavy atom. The molecule has 0 aliphatic heterocycles. The van der Waals surface area contributed by atoms with Gasteiger partial charge in [-0.15, -0.1) is 0 Å². The molecule has 0 unspecified atom stereocenters. The van der Waals surface area contributed by atoms with Crippen LogP contribution in [0, 0.1) is 14.9 Å². The molecule has 0 spiro atoms. The average Bonchev–Trinajstić information content (AvgIpc) is 2.41. The maximum absolute atomic E-state index is 11.8. The third kappa shape index (κ3) is 3.08. The van der Waals surface area contributed by atoms with Gasteiger partial charge >= 0.3 is 5.97 Å². The Labute approximate surface area is 118 Å². The van der Waals surface area contributed by atoms with E-state index in [9.17, 15) is 4.79 Å². The second-order valence-corrected chi connectivity index (χ2v) is 4.78. The number of hydrogen-bond donors (Lipinski definition) is 0. The number of hydrogen-bond acceptors (Lipinski definition) is 3. The van der Waals surface area contributed by atoms with Crippen molar-refractivity contribution in [3.63, 3.8) is 0 Å². The number of nitrogens with zero attached hydrogens (tertiary/aromatic N) is 1. The van der Waals surface area contributed by atoms with E-state index in [2.05, 4.69) is 22.6 Å². The molecular formula is C14H8INO2. The molecule has 0 radical (unpaired) electrons. The number of nitriles is 1. The molecule has 0 aliphatic rings. The maximum atomic E-state index is 11.8. The number of benzene rings is 2. The van der Waals surface area contributed by atoms with E-state index in [1.54, 1.807) is 30.3 Å². The predicted octanol–water partition coefficient (Wildman–Crippen LogP) is 3.38. The van der Waals surface area contributed by atoms with Gasteiger partial charge in [0.05, 0.1) is 17.2 Å². The SMILES string of the molecule is N#Cc1cccc(C(=O)Oc2ccc(I)cc2)c1. The van der Waals surface area contributed by atoms with Crippen molar-refractivity contribution in [2.24, 2.45) is 0 Å². The van der Waals surface area contributed by atoms with Crippen LogP contribution >= 0.6 is 22.6 Å². The van der Waals surface area contributed by atoms with Crippen LogP contribution in [0.2, 0.25) is 0 Å². The van der Waals surface area contributed by atoms with Crippen LogP contribution < -0.4 is 4.74 Å². The van der Waals surface area contributed by atoms with E-state index in [0.717, 1.165) is 3.57 Å². The molecule has 0 atom stereocenters. The molecule has 0 fully saturated rings. The maximum Gasteiger partial charge on any atom is 0.343 e. The van der Waals surface area contributed by atoms with Crippen LogP contribution in [0.1, 0.15) is 15.9 Å². The fraction of sp³-hybridized carbons (Fsp3) is 0. The number of ether oxygens (including phenoxy) is 1. The summed E-state index contributed by atoms with van der Waals surface area (Å²) in [4.78, 5) is 11.8. The summed E-state index contributed by atoms with van der Waals surface area (Å²) < 4.78 is 6.27. The molecule has 88 valence electrons. The minimum absolute atomic E-state index is 0.368. The first kappa shape index (κ1) is 12.6. The Morgan fingerprint density at radius 3 is 2.56 bits per heavy atom. The first-order valence-corrected chi connectivity index (χ1v) is 6.25. The van der Waals surface area contributed by atoms with Crippen molar-refractivity contribution in [2.75, 3.05) is 0 Å². The Balaban J connectivity index is 2.17. The summed E-state index contributed by atoms with van der Waals surface area (Å²) in [6.45, 7) is 0. The third-order valence-corrected chi connectivity index (χ3v) is 2.97. The van der Waals surface area contributed by atoms with E-state index < -0.39 is 5.97 Å². The first-order chi connectivity index (χ1) is 8.69. The minimum Gasteiger partial charge on any atom is -0.423 e. The Morgan fingerprint density at radius 1 is 1.17 bits per heavy atom. The molecule has 2 aromatic carbocycles. The van der Waals surface area contributed by atoms with Crippen molar-refractivity contribution in [2.45, 2.75) is 0 Å². The molecule has 2 aromatic rings. The average molecular weight is 349 g/mol. The van der Waals surface area contributed by atoms with Crippen LogP contribution in [0.25, 0.3) is 0 Å². The van der Waals surface area contributed by atoms with Crippen molar-refractivity contribution in [3.8, 4) is 11.8 Å². The van der Waals surface area contributed by atoms with Crippen LogP contribution in [0.5, 0.6) is 5.75 Å². The van der Waals surface area contributed by atoms with Crippen LogP contribution in [-0.2, 0) is 0 Å². The van der Waals surface area contributed by atoms with Gasteiger partial charge in [0.1, 0.15) is 5.75 Å². The summed E-state index contributed by atoms with van der Waals surface area (Å²) in [7, 11) is 0. The zero-order chi connectivity index (χ0) is 13.0. The molecule has 3 nitrogen and oxygen atoms in total. The van der Waals surface area contributed by atoms with Gasteiger partial charge in [-0.3, -0.25) is 0 Å². The fourth-order valence-corrected chi connectivity index (χ4v) is 1.74. The van der Waals surface area contributed by atoms with E-state index >= 15 is 0 Å². The van der Waals surface area contributed by atoms with Crippen molar-refractivity contribution in [3.05, 3.63) is 63.2 Å². The Hall–Kier alpha value is -1.87. The van der Waals surface area contributed by atoms with Gasteiger partial charge in [0.15, 0.2) is 0 Å². The summed E-state index contributed by atoms with van der Waals surface area (Å²) in [5.74, 6) is 0.0242. The lowest BCUT2D eigenvalue weighted by Crippen LogP contribution is -2.08. The summed E-state index contributed by atoms with van der Waals surface area (Å²) >= 11 is 2.17. The quantitative estimate of drug-likeness (QED) is 0.475. The molecule has 18 heavy (non-hydrogen) atoms. The highest BCUT2D eigenvalue weighted by Gasteiger charge is 2.08. The Bertz CT molecular complexity index is 614. The van der Waals surface area contributed by atoms with Crippen molar-refractivity contribution < 1.29 is 9.53 Å². The molecule has 0 heterocycles. The molecule has 0 bridgehead atoms. The summed E-state index contributed by atoms with van der Waals surface area (Å²) in [6.07, 6.45) is 0. The highest BCUT2D eigenvalue weighted by molar-refractivity contribution is 14.1. The lowest BCUT2D eigenvalue weighted by atomic mass is 10.1. The van der Waals surface area contributed by atoms with Gasteiger partial charge in [-0.25, -0.2) is 4.79 Å². The molecular weight excluding hydrogens is 341 g/mol. The lowest BCUT2D eigenvalue weighted by Gasteiger charge is -2.04. The van der Waals surface area contributed by atoms with Crippen LogP contribution in [-0.4, -0.2) is 5.97 Å². The van der Waals surface area contributed by atoms with Gasteiger partial charge < -0.3 is 4.74 Å². The first-order valence-electron chi connectivity index (χ1n) is 5.17. The molecule has 4 heteroatoms. The van der Waals surface area contributed by atoms with Gasteiger partial charge in [0.2, 0.25) is 0 Å². The molecule has 0 saturated heterocycles. The minimum atomic E-state index is -0.465. The smallest absolute Gasteiger partial charge is 0.343 e. The van der Waals surface area contributed by atoms with Gasteiger partial charge in [0, 0.05) is 3.57 Å². The van der Waals surface area contributed by atoms with Gasteiger partial charge in [-0.05, 0) is 65.1 Å². The number of esters is 1. The summed E-state index contributed by atoms with van der Waals surface area (Å²) in [5, 5.41) is 8.76. The van der Waals surface area contributed by atoms with Gasteiger partial charge in [-0.1, -0.05) is 6.07 Å². The number of carbonyl (C=O) groups is 1. The van der Waals surface area contributed by atoms with E-state index in [1.807, 2.05) is 18.2 Å². The molecule has 0 aromatic heterocycles. The topological polar surface area (TPSA) is 50.1 Å². The standard InChI is InChI=1S/C14H8INO2/c15-12-4-6-13(7-5-12)18-14(17)11-3-1-2-10(8-11)9-16/h1-8H. The fourth-order valence-electron chi connectivity index (χ4n) is 1.38. The van der Waals surface area contributed by atoms with Crippen molar-refractivity contribution in [1.82, 2.24) is 0 Å². The van der Waals surface area contributed by atoms with Crippen LogP contribution in [0.3, 0.4) is 0 Å². The van der Waals surface area contributed by atoms with E-state index in [4.69, 9.17) is 10.00 Å². The van der Waals surface area contributed by atoms with Gasteiger partial charge in [0.25, 0.3) is 0 Å². The molecule has 0 amide bonds. The van der Waals surface area contributed by atoms with Crippen LogP contribution in [0.15, 0.2) is 48.5 Å². The normalized spacial score (nSPS) is 9.56. The second-order valence-electron chi connectivity index (χ2n) is 3.54. The van der Waals surface area contributed by atoms with E-state index in [0.29, 0.717) is 16.9 Å². The lowest BCUT2D eigenvalue weighted by molar-refractivity contribution is 0.0734. The molecule has 2 rings (SSSR count). The van der Waals surface area contributed by atoms with Gasteiger partial charge in [-0.2, -0.15) is 5.26 Å². The molecule has 0 saturated carbocycles. The van der Waals surface area contributed by atoms with Crippen LogP contribution in [0.4, 0.5) is 0 Å². The van der Waals surface area contributed by atoms with Crippen molar-refractivity contribution >= 4 is 28.6 Å². The number of carbonyl (C=O) groups excluding carboxylic acids is 1. The van der Waals surface area contributed by atoms with Crippen molar-refractivity contribution in [1.29, 1.82) is 5.26 Å². The number of halogens is 1. The molecule has 0 aliphatic carbocycles. The van der Waals surface area contributed by atoms with E-state index in [-0.39, 0.29) is 0 Å². The molecule has 0 N–H and O–H groups in total. The largest absolute Gasteiger partial charge is 0.423 e. The monoisotopic (exact) mass is 349 g/mol. The third-order valence-electron chi connectivity index (χ3n) is 2.25. The highest BCUT2D eigenvalue weighted by Crippen LogP contribution is 2.15. The zero-order valence-electron chi connectivity index (χ0n) is 9.26.